The number of carbonyl (C=O) groups is 1. The van der Waals surface area contributed by atoms with Crippen molar-refractivity contribution in [3.8, 4) is 0 Å². The van der Waals surface area contributed by atoms with Crippen LogP contribution in [-0.4, -0.2) is 50.1 Å². The number of ether oxygens (including phenoxy) is 3. The molecule has 3 aliphatic rings. The van der Waals surface area contributed by atoms with Crippen LogP contribution < -0.4 is 0 Å². The Hall–Kier alpha value is -1.48. The Morgan fingerprint density at radius 3 is 2.82 bits per heavy atom. The molecule has 0 radical (unpaired) electrons. The summed E-state index contributed by atoms with van der Waals surface area (Å²) in [5.74, 6) is -1.03. The second-order valence-electron chi connectivity index (χ2n) is 8.02. The molecule has 0 spiro atoms. The summed E-state index contributed by atoms with van der Waals surface area (Å²) >= 11 is 12.2. The first-order chi connectivity index (χ1) is 13.3. The van der Waals surface area contributed by atoms with Gasteiger partial charge in [0.05, 0.1) is 19.0 Å². The molecule has 5 atom stereocenters. The van der Waals surface area contributed by atoms with E-state index >= 15 is 0 Å². The van der Waals surface area contributed by atoms with E-state index in [-0.39, 0.29) is 34.5 Å². The summed E-state index contributed by atoms with van der Waals surface area (Å²) < 4.78 is 19.8. The summed E-state index contributed by atoms with van der Waals surface area (Å²) in [7, 11) is 0. The van der Waals surface area contributed by atoms with Crippen molar-refractivity contribution in [3.05, 3.63) is 16.8 Å². The number of imidazole rings is 1. The molecular formula is C18H20Cl2N4O4. The highest BCUT2D eigenvalue weighted by Gasteiger charge is 2.74. The van der Waals surface area contributed by atoms with Crippen LogP contribution in [0.1, 0.15) is 39.7 Å². The highest BCUT2D eigenvalue weighted by Crippen LogP contribution is 2.66. The molecule has 0 amide bonds. The molecule has 0 aromatic carbocycles. The van der Waals surface area contributed by atoms with Crippen molar-refractivity contribution < 1.29 is 19.0 Å². The highest BCUT2D eigenvalue weighted by molar-refractivity contribution is 6.35. The van der Waals surface area contributed by atoms with Crippen LogP contribution in [0.2, 0.25) is 10.4 Å². The minimum Gasteiger partial charge on any atom is -0.465 e. The van der Waals surface area contributed by atoms with E-state index in [0.717, 1.165) is 6.42 Å². The molecule has 2 aliphatic carbocycles. The van der Waals surface area contributed by atoms with Gasteiger partial charge in [-0.15, -0.1) is 0 Å². The smallest absolute Gasteiger partial charge is 0.315 e. The lowest BCUT2D eigenvalue weighted by atomic mass is 9.60. The Balaban J connectivity index is 1.65. The van der Waals surface area contributed by atoms with E-state index < -0.39 is 17.3 Å². The molecule has 0 bridgehead atoms. The molecule has 3 heterocycles. The average molecular weight is 427 g/mol. The first-order valence-electron chi connectivity index (χ1n) is 9.37. The second-order valence-corrected chi connectivity index (χ2v) is 8.72. The first kappa shape index (κ1) is 18.5. The molecular weight excluding hydrogens is 407 g/mol. The Bertz CT molecular complexity index is 980. The molecule has 2 aromatic heterocycles. The maximum Gasteiger partial charge on any atom is 0.315 e. The third-order valence-corrected chi connectivity index (χ3v) is 6.68. The van der Waals surface area contributed by atoms with Crippen molar-refractivity contribution in [3.63, 3.8) is 0 Å². The average Bonchev–Trinajstić information content (AvgIpc) is 3.17. The molecule has 0 unspecified atom stereocenters. The van der Waals surface area contributed by atoms with Crippen LogP contribution in [0.3, 0.4) is 0 Å². The number of esters is 1. The van der Waals surface area contributed by atoms with E-state index in [1.165, 1.54) is 0 Å². The van der Waals surface area contributed by atoms with Crippen molar-refractivity contribution in [1.29, 1.82) is 0 Å². The summed E-state index contributed by atoms with van der Waals surface area (Å²) in [4.78, 5) is 25.7. The van der Waals surface area contributed by atoms with Crippen LogP contribution in [0.5, 0.6) is 0 Å². The van der Waals surface area contributed by atoms with Crippen LogP contribution in [0.25, 0.3) is 11.2 Å². The molecule has 28 heavy (non-hydrogen) atoms. The van der Waals surface area contributed by atoms with Crippen molar-refractivity contribution in [2.24, 2.45) is 11.3 Å². The molecule has 1 aliphatic heterocycles. The predicted octanol–water partition coefficient (Wildman–Crippen LogP) is 3.17. The highest BCUT2D eigenvalue weighted by atomic mass is 35.5. The van der Waals surface area contributed by atoms with Gasteiger partial charge in [0.1, 0.15) is 23.1 Å². The van der Waals surface area contributed by atoms with Crippen molar-refractivity contribution in [1.82, 2.24) is 19.5 Å². The maximum absolute atomic E-state index is 13.0. The normalized spacial score (nSPS) is 35.5. The monoisotopic (exact) mass is 426 g/mol. The Labute approximate surface area is 171 Å². The van der Waals surface area contributed by atoms with Gasteiger partial charge in [0.25, 0.3) is 0 Å². The molecule has 10 heteroatoms. The number of rotatable bonds is 3. The van der Waals surface area contributed by atoms with E-state index in [2.05, 4.69) is 15.0 Å². The lowest BCUT2D eigenvalue weighted by Gasteiger charge is -2.47. The van der Waals surface area contributed by atoms with E-state index in [9.17, 15) is 4.79 Å². The summed E-state index contributed by atoms with van der Waals surface area (Å²) in [6.45, 7) is 5.85. The number of carbonyl (C=O) groups excluding carboxylic acids is 1. The molecule has 5 rings (SSSR count). The quantitative estimate of drug-likeness (QED) is 0.422. The van der Waals surface area contributed by atoms with E-state index in [1.807, 2.05) is 25.3 Å². The minimum atomic E-state index is -0.797. The number of halogens is 2. The molecule has 3 fully saturated rings. The number of nitrogens with zero attached hydrogens (tertiary/aromatic N) is 4. The molecule has 8 nitrogen and oxygen atoms in total. The summed E-state index contributed by atoms with van der Waals surface area (Å²) in [6.07, 6.45) is 2.50. The molecule has 2 aromatic rings. The van der Waals surface area contributed by atoms with Gasteiger partial charge in [0.15, 0.2) is 16.6 Å². The first-order valence-corrected chi connectivity index (χ1v) is 10.1. The largest absolute Gasteiger partial charge is 0.465 e. The van der Waals surface area contributed by atoms with Crippen LogP contribution in [0.4, 0.5) is 0 Å². The van der Waals surface area contributed by atoms with Gasteiger partial charge in [-0.05, 0) is 45.2 Å². The van der Waals surface area contributed by atoms with E-state index in [1.54, 1.807) is 6.33 Å². The Morgan fingerprint density at radius 1 is 1.36 bits per heavy atom. The van der Waals surface area contributed by atoms with E-state index in [0.29, 0.717) is 24.2 Å². The zero-order valence-corrected chi connectivity index (χ0v) is 17.2. The van der Waals surface area contributed by atoms with Crippen molar-refractivity contribution in [2.45, 2.75) is 57.6 Å². The molecule has 0 N–H and O–H groups in total. The van der Waals surface area contributed by atoms with Crippen LogP contribution >= 0.6 is 23.2 Å². The summed E-state index contributed by atoms with van der Waals surface area (Å²) in [6, 6.07) is -0.197. The van der Waals surface area contributed by atoms with Crippen LogP contribution in [-0.2, 0) is 19.0 Å². The molecule has 2 saturated carbocycles. The number of hydrogen-bond donors (Lipinski definition) is 0. The third kappa shape index (κ3) is 2.32. The van der Waals surface area contributed by atoms with Crippen molar-refractivity contribution in [2.75, 3.05) is 6.61 Å². The zero-order chi connectivity index (χ0) is 19.8. The van der Waals surface area contributed by atoms with Crippen LogP contribution in [0.15, 0.2) is 6.33 Å². The zero-order valence-electron chi connectivity index (χ0n) is 15.7. The SMILES string of the molecule is CCOC(=O)[C@@]12CC[C@@H]1[C@@H](n1cnc3c(Cl)nc(Cl)nc31)[C@@H]1OC(C)(C)O[C@@H]12. The second kappa shape index (κ2) is 6.01. The Kier molecular flexibility index (Phi) is 3.98. The lowest BCUT2D eigenvalue weighted by Crippen LogP contribution is -2.53. The third-order valence-electron chi connectivity index (χ3n) is 6.24. The lowest BCUT2D eigenvalue weighted by molar-refractivity contribution is -0.205. The van der Waals surface area contributed by atoms with Crippen molar-refractivity contribution >= 4 is 40.3 Å². The molecule has 150 valence electrons. The van der Waals surface area contributed by atoms with Gasteiger partial charge in [-0.3, -0.25) is 4.79 Å². The fraction of sp³-hybridized carbons (Fsp3) is 0.667. The predicted molar refractivity (Wildman–Crippen MR) is 100.0 cm³/mol. The summed E-state index contributed by atoms with van der Waals surface area (Å²) in [5.41, 5.74) is 0.262. The summed E-state index contributed by atoms with van der Waals surface area (Å²) in [5, 5.41) is 0.237. The topological polar surface area (TPSA) is 88.4 Å². The molecule has 1 saturated heterocycles. The van der Waals surface area contributed by atoms with Gasteiger partial charge >= 0.3 is 5.97 Å². The van der Waals surface area contributed by atoms with Gasteiger partial charge in [0, 0.05) is 5.92 Å². The van der Waals surface area contributed by atoms with Gasteiger partial charge in [-0.2, -0.15) is 4.98 Å². The van der Waals surface area contributed by atoms with E-state index in [4.69, 9.17) is 37.4 Å². The fourth-order valence-electron chi connectivity index (χ4n) is 5.18. The number of hydrogen-bond acceptors (Lipinski definition) is 7. The number of aromatic nitrogens is 4. The maximum atomic E-state index is 13.0. The minimum absolute atomic E-state index is 0.0115. The number of fused-ring (bicyclic) bond motifs is 4. The van der Waals surface area contributed by atoms with Gasteiger partial charge in [-0.1, -0.05) is 11.6 Å². The fourth-order valence-corrected chi connectivity index (χ4v) is 5.60. The standard InChI is InChI=1S/C18H20Cl2N4O4/c1-4-26-15(25)18-6-5-8(18)10(11-12(18)28-17(2,3)27-11)24-7-21-9-13(19)22-16(20)23-14(9)24/h7-8,10-12H,4-6H2,1-3H3/t8-,10-,11+,12+,18+/m1/s1. The van der Waals surface area contributed by atoms with Crippen LogP contribution in [0, 0.1) is 11.3 Å². The van der Waals surface area contributed by atoms with Gasteiger partial charge in [0.2, 0.25) is 5.28 Å². The van der Waals surface area contributed by atoms with Gasteiger partial charge < -0.3 is 18.8 Å². The van der Waals surface area contributed by atoms with Gasteiger partial charge in [-0.25, -0.2) is 9.97 Å². The Morgan fingerprint density at radius 2 is 2.14 bits per heavy atom.